The van der Waals surface area contributed by atoms with E-state index in [0.29, 0.717) is 12.4 Å². The number of aryl methyl sites for hydroxylation is 2. The Morgan fingerprint density at radius 2 is 2.33 bits per heavy atom. The predicted octanol–water partition coefficient (Wildman–Crippen LogP) is 1.21. The fourth-order valence-electron chi connectivity index (χ4n) is 3.13. The number of nitrogens with one attached hydrogen (secondary N) is 1. The summed E-state index contributed by atoms with van der Waals surface area (Å²) in [6.07, 6.45) is 6.66. The van der Waals surface area contributed by atoms with Crippen molar-refractivity contribution in [2.45, 2.75) is 45.2 Å². The van der Waals surface area contributed by atoms with E-state index in [-0.39, 0.29) is 11.8 Å². The number of imidazole rings is 1. The highest BCUT2D eigenvalue weighted by Gasteiger charge is 2.28. The van der Waals surface area contributed by atoms with E-state index in [1.165, 1.54) is 0 Å². The topological polar surface area (TPSA) is 90.0 Å². The highest BCUT2D eigenvalue weighted by Crippen LogP contribution is 2.24. The van der Waals surface area contributed by atoms with Crippen LogP contribution in [0.1, 0.15) is 42.3 Å². The summed E-state index contributed by atoms with van der Waals surface area (Å²) >= 11 is 0. The van der Waals surface area contributed by atoms with Crippen LogP contribution in [0.3, 0.4) is 0 Å². The number of tetrazole rings is 1. The van der Waals surface area contributed by atoms with E-state index in [4.69, 9.17) is 0 Å². The molecule has 24 heavy (non-hydrogen) atoms. The Hall–Kier alpha value is -2.77. The number of rotatable bonds is 3. The van der Waals surface area contributed by atoms with Crippen molar-refractivity contribution in [1.82, 2.24) is 34.9 Å². The SMILES string of the molecule is Cc1ccn2cc(CNC(=O)C3CCCCn4nnnc43)nc2c1. The van der Waals surface area contributed by atoms with Gasteiger partial charge in [0.15, 0.2) is 5.82 Å². The maximum Gasteiger partial charge on any atom is 0.231 e. The molecule has 0 saturated carbocycles. The van der Waals surface area contributed by atoms with Gasteiger partial charge in [-0.2, -0.15) is 0 Å². The first-order valence-corrected chi connectivity index (χ1v) is 8.19. The van der Waals surface area contributed by atoms with Gasteiger partial charge in [-0.25, -0.2) is 9.67 Å². The van der Waals surface area contributed by atoms with Crippen LogP contribution in [0.15, 0.2) is 24.5 Å². The molecule has 8 nitrogen and oxygen atoms in total. The average molecular weight is 325 g/mol. The van der Waals surface area contributed by atoms with E-state index < -0.39 is 0 Å². The minimum absolute atomic E-state index is 0.0406. The predicted molar refractivity (Wildman–Crippen MR) is 86.2 cm³/mol. The van der Waals surface area contributed by atoms with Gasteiger partial charge in [0, 0.05) is 18.9 Å². The van der Waals surface area contributed by atoms with Gasteiger partial charge in [-0.3, -0.25) is 4.79 Å². The van der Waals surface area contributed by atoms with Crippen LogP contribution in [0.25, 0.3) is 5.65 Å². The minimum Gasteiger partial charge on any atom is -0.350 e. The van der Waals surface area contributed by atoms with Crippen LogP contribution in [-0.2, 0) is 17.9 Å². The van der Waals surface area contributed by atoms with Crippen LogP contribution >= 0.6 is 0 Å². The van der Waals surface area contributed by atoms with Crippen molar-refractivity contribution in [3.63, 3.8) is 0 Å². The summed E-state index contributed by atoms with van der Waals surface area (Å²) in [5.74, 6) is 0.332. The number of fused-ring (bicyclic) bond motifs is 2. The van der Waals surface area contributed by atoms with Crippen molar-refractivity contribution in [1.29, 1.82) is 0 Å². The lowest BCUT2D eigenvalue weighted by atomic mass is 10.0. The summed E-state index contributed by atoms with van der Waals surface area (Å²) in [5.41, 5.74) is 2.88. The summed E-state index contributed by atoms with van der Waals surface area (Å²) in [7, 11) is 0. The molecule has 4 rings (SSSR count). The molecule has 3 aromatic rings. The molecule has 0 bridgehead atoms. The number of carbonyl (C=O) groups excluding carboxylic acids is 1. The van der Waals surface area contributed by atoms with E-state index in [0.717, 1.165) is 42.7 Å². The number of carbonyl (C=O) groups is 1. The number of aromatic nitrogens is 6. The van der Waals surface area contributed by atoms with Crippen molar-refractivity contribution in [3.8, 4) is 0 Å². The Morgan fingerprint density at radius 3 is 3.25 bits per heavy atom. The molecule has 0 aliphatic carbocycles. The Kier molecular flexibility index (Phi) is 3.72. The van der Waals surface area contributed by atoms with Crippen molar-refractivity contribution in [3.05, 3.63) is 41.6 Å². The van der Waals surface area contributed by atoms with E-state index in [1.807, 2.05) is 35.9 Å². The minimum atomic E-state index is -0.290. The van der Waals surface area contributed by atoms with E-state index in [2.05, 4.69) is 25.8 Å². The monoisotopic (exact) mass is 325 g/mol. The maximum atomic E-state index is 12.6. The Morgan fingerprint density at radius 1 is 1.42 bits per heavy atom. The number of hydrogen-bond acceptors (Lipinski definition) is 5. The van der Waals surface area contributed by atoms with Crippen LogP contribution in [0.5, 0.6) is 0 Å². The van der Waals surface area contributed by atoms with Gasteiger partial charge in [-0.05, 0) is 47.9 Å². The van der Waals surface area contributed by atoms with E-state index >= 15 is 0 Å². The smallest absolute Gasteiger partial charge is 0.231 e. The van der Waals surface area contributed by atoms with Crippen molar-refractivity contribution in [2.24, 2.45) is 0 Å². The fraction of sp³-hybridized carbons (Fsp3) is 0.438. The number of pyridine rings is 1. The Labute approximate surface area is 138 Å². The molecule has 1 N–H and O–H groups in total. The van der Waals surface area contributed by atoms with Gasteiger partial charge in [-0.1, -0.05) is 6.42 Å². The molecule has 0 aromatic carbocycles. The fourth-order valence-corrected chi connectivity index (χ4v) is 3.13. The van der Waals surface area contributed by atoms with Crippen LogP contribution in [-0.4, -0.2) is 35.5 Å². The number of hydrogen-bond donors (Lipinski definition) is 1. The van der Waals surface area contributed by atoms with Crippen molar-refractivity contribution >= 4 is 11.6 Å². The summed E-state index contributed by atoms with van der Waals surface area (Å²) in [6, 6.07) is 4.05. The van der Waals surface area contributed by atoms with Gasteiger partial charge >= 0.3 is 0 Å². The Balaban J connectivity index is 1.48. The van der Waals surface area contributed by atoms with E-state index in [9.17, 15) is 4.79 Å². The summed E-state index contributed by atoms with van der Waals surface area (Å²) in [4.78, 5) is 17.1. The van der Waals surface area contributed by atoms with Crippen LogP contribution < -0.4 is 5.32 Å². The largest absolute Gasteiger partial charge is 0.350 e. The quantitative estimate of drug-likeness (QED) is 0.782. The first kappa shape index (κ1) is 14.8. The highest BCUT2D eigenvalue weighted by molar-refractivity contribution is 5.82. The maximum absolute atomic E-state index is 12.6. The standard InChI is InChI=1S/C16H19N7O/c1-11-5-7-22-10-12(18-14(22)8-11)9-17-16(24)13-4-2-3-6-23-15(13)19-20-21-23/h5,7-8,10,13H,2-4,6,9H2,1H3,(H,17,24). The third kappa shape index (κ3) is 2.75. The molecule has 0 spiro atoms. The summed E-state index contributed by atoms with van der Waals surface area (Å²) in [5, 5.41) is 14.7. The van der Waals surface area contributed by atoms with Gasteiger partial charge in [-0.15, -0.1) is 5.10 Å². The Bertz CT molecular complexity index is 882. The van der Waals surface area contributed by atoms with Crippen LogP contribution in [0.4, 0.5) is 0 Å². The second-order valence-electron chi connectivity index (χ2n) is 6.23. The number of nitrogens with zero attached hydrogens (tertiary/aromatic N) is 6. The molecule has 1 aliphatic heterocycles. The molecule has 0 radical (unpaired) electrons. The lowest BCUT2D eigenvalue weighted by molar-refractivity contribution is -0.123. The lowest BCUT2D eigenvalue weighted by Gasteiger charge is -2.12. The first-order valence-electron chi connectivity index (χ1n) is 8.19. The molecule has 0 saturated heterocycles. The van der Waals surface area contributed by atoms with Crippen molar-refractivity contribution in [2.75, 3.05) is 0 Å². The molecular formula is C16H19N7O. The van der Waals surface area contributed by atoms with Gasteiger partial charge in [0.1, 0.15) is 5.65 Å². The van der Waals surface area contributed by atoms with Crippen molar-refractivity contribution < 1.29 is 4.79 Å². The molecule has 1 aliphatic rings. The molecule has 1 atom stereocenters. The third-order valence-corrected chi connectivity index (χ3v) is 4.41. The third-order valence-electron chi connectivity index (χ3n) is 4.41. The lowest BCUT2D eigenvalue weighted by Crippen LogP contribution is -2.30. The van der Waals surface area contributed by atoms with Gasteiger partial charge in [0.05, 0.1) is 18.2 Å². The molecule has 1 amide bonds. The second-order valence-corrected chi connectivity index (χ2v) is 6.23. The normalized spacial score (nSPS) is 17.5. The molecule has 0 fully saturated rings. The summed E-state index contributed by atoms with van der Waals surface area (Å²) < 4.78 is 3.70. The summed E-state index contributed by atoms with van der Waals surface area (Å²) in [6.45, 7) is 3.21. The van der Waals surface area contributed by atoms with Crippen LogP contribution in [0.2, 0.25) is 0 Å². The zero-order valence-corrected chi connectivity index (χ0v) is 13.5. The average Bonchev–Trinajstić information content (AvgIpc) is 3.14. The van der Waals surface area contributed by atoms with Gasteiger partial charge in [0.25, 0.3) is 0 Å². The van der Waals surface area contributed by atoms with E-state index in [1.54, 1.807) is 4.68 Å². The molecule has 4 heterocycles. The second kappa shape index (κ2) is 6.03. The van der Waals surface area contributed by atoms with Crippen LogP contribution in [0, 0.1) is 6.92 Å². The highest BCUT2D eigenvalue weighted by atomic mass is 16.1. The molecular weight excluding hydrogens is 306 g/mol. The first-order chi connectivity index (χ1) is 11.7. The number of amides is 1. The molecule has 8 heteroatoms. The molecule has 3 aromatic heterocycles. The molecule has 124 valence electrons. The molecule has 1 unspecified atom stereocenters. The van der Waals surface area contributed by atoms with Gasteiger partial charge < -0.3 is 9.72 Å². The van der Waals surface area contributed by atoms with Gasteiger partial charge in [0.2, 0.25) is 5.91 Å². The zero-order valence-electron chi connectivity index (χ0n) is 13.5. The zero-order chi connectivity index (χ0) is 16.5.